The van der Waals surface area contributed by atoms with E-state index in [1.54, 1.807) is 6.92 Å². The van der Waals surface area contributed by atoms with E-state index in [1.165, 1.54) is 16.9 Å². The van der Waals surface area contributed by atoms with Gasteiger partial charge in [0.25, 0.3) is 11.8 Å². The summed E-state index contributed by atoms with van der Waals surface area (Å²) in [6, 6.07) is -2.31. The number of anilines is 1. The van der Waals surface area contributed by atoms with Gasteiger partial charge in [-0.15, -0.1) is 0 Å². The van der Waals surface area contributed by atoms with Gasteiger partial charge in [0, 0.05) is 19.2 Å². The smallest absolute Gasteiger partial charge is 0.339 e. The maximum absolute atomic E-state index is 15.5. The summed E-state index contributed by atoms with van der Waals surface area (Å²) in [7, 11) is 0. The van der Waals surface area contributed by atoms with Crippen molar-refractivity contribution in [2.24, 2.45) is 17.8 Å². The van der Waals surface area contributed by atoms with Crippen LogP contribution in [0.4, 0.5) is 45.2 Å². The van der Waals surface area contributed by atoms with E-state index >= 15 is 4.39 Å². The number of nitrogens with zero attached hydrogens (tertiary/aromatic N) is 3. The predicted octanol–water partition coefficient (Wildman–Crippen LogP) is 6.14. The molecule has 3 atom stereocenters. The molecule has 258 valence electrons. The van der Waals surface area contributed by atoms with Gasteiger partial charge in [0.2, 0.25) is 11.8 Å². The Hall–Kier alpha value is -3.79. The van der Waals surface area contributed by atoms with Crippen LogP contribution in [0.25, 0.3) is 0 Å². The number of alkyl halides is 8. The van der Waals surface area contributed by atoms with Gasteiger partial charge in [-0.25, -0.2) is 13.2 Å². The normalized spacial score (nSPS) is 21.1. The SMILES string of the molecule is CCn1nccc1C(=O)N[C@H](C(=O)Nc1cc(C(F)(F)F)c(C(C)C(=O)N2CC(F)(F)CC2C(F)(F)F)cc1F)C(C1CC1)C1CC1. The molecule has 1 aliphatic heterocycles. The average Bonchev–Trinajstić information content (AvgIpc) is 3.91. The van der Waals surface area contributed by atoms with E-state index < -0.39 is 89.6 Å². The van der Waals surface area contributed by atoms with Gasteiger partial charge in [0.1, 0.15) is 23.6 Å². The molecule has 0 bridgehead atoms. The second-order valence-electron chi connectivity index (χ2n) is 12.4. The lowest BCUT2D eigenvalue weighted by Crippen LogP contribution is -2.50. The summed E-state index contributed by atoms with van der Waals surface area (Å²) in [6.45, 7) is 1.15. The number of aromatic nitrogens is 2. The highest BCUT2D eigenvalue weighted by Gasteiger charge is 2.58. The van der Waals surface area contributed by atoms with Crippen molar-refractivity contribution in [3.05, 3.63) is 47.0 Å². The van der Waals surface area contributed by atoms with Crippen LogP contribution in [0.5, 0.6) is 0 Å². The van der Waals surface area contributed by atoms with E-state index in [9.17, 15) is 49.5 Å². The van der Waals surface area contributed by atoms with E-state index in [2.05, 4.69) is 15.7 Å². The van der Waals surface area contributed by atoms with E-state index in [0.717, 1.165) is 32.6 Å². The second kappa shape index (κ2) is 12.3. The molecular formula is C30H32F9N5O3. The maximum atomic E-state index is 15.5. The molecule has 2 N–H and O–H groups in total. The zero-order chi connectivity index (χ0) is 34.6. The lowest BCUT2D eigenvalue weighted by molar-refractivity contribution is -0.184. The Morgan fingerprint density at radius 1 is 1.04 bits per heavy atom. The molecule has 1 aromatic carbocycles. The summed E-state index contributed by atoms with van der Waals surface area (Å²) in [5.74, 6) is -11.1. The Labute approximate surface area is 263 Å². The quantitative estimate of drug-likeness (QED) is 0.295. The van der Waals surface area contributed by atoms with Gasteiger partial charge in [-0.05, 0) is 81.0 Å². The Balaban J connectivity index is 1.45. The zero-order valence-electron chi connectivity index (χ0n) is 25.2. The van der Waals surface area contributed by atoms with E-state index in [4.69, 9.17) is 0 Å². The van der Waals surface area contributed by atoms with Crippen molar-refractivity contribution < 1.29 is 53.9 Å². The molecule has 2 heterocycles. The van der Waals surface area contributed by atoms with Crippen molar-refractivity contribution in [2.75, 3.05) is 11.9 Å². The van der Waals surface area contributed by atoms with Gasteiger partial charge < -0.3 is 15.5 Å². The standard InChI is InChI=1S/C30H32F9N5O3/c1-3-44-21(8-9-40-44)25(45)42-24(23(15-4-5-15)16-6-7-16)26(46)41-20-11-18(29(34,35)36)17(10-19(20)31)14(2)27(47)43-13-28(32,33)12-22(43)30(37,38)39/h8-11,14-16,22-24H,3-7,12-13H2,1-2H3,(H,41,46)(H,42,45)/t14?,22?,24-/m0/s1. The van der Waals surface area contributed by atoms with E-state index in [1.807, 2.05) is 0 Å². The number of carbonyl (C=O) groups is 3. The number of benzene rings is 1. The first-order valence-electron chi connectivity index (χ1n) is 15.1. The first-order chi connectivity index (χ1) is 21.8. The fraction of sp³-hybridized carbons (Fsp3) is 0.600. The van der Waals surface area contributed by atoms with Crippen LogP contribution in [-0.2, 0) is 22.3 Å². The third-order valence-electron chi connectivity index (χ3n) is 9.01. The van der Waals surface area contributed by atoms with Gasteiger partial charge in [0.15, 0.2) is 0 Å². The lowest BCUT2D eigenvalue weighted by Gasteiger charge is -2.30. The number of amides is 3. The highest BCUT2D eigenvalue weighted by Crippen LogP contribution is 2.51. The number of likely N-dealkylation sites (tertiary alicyclic amines) is 1. The van der Waals surface area contributed by atoms with Crippen LogP contribution in [-0.4, -0.2) is 63.1 Å². The number of hydrogen-bond donors (Lipinski definition) is 2. The molecule has 3 amide bonds. The van der Waals surface area contributed by atoms with Crippen LogP contribution in [0.2, 0.25) is 0 Å². The van der Waals surface area contributed by atoms with Crippen LogP contribution < -0.4 is 10.6 Å². The monoisotopic (exact) mass is 681 g/mol. The van der Waals surface area contributed by atoms with Gasteiger partial charge in [0.05, 0.1) is 23.7 Å². The molecule has 2 aromatic rings. The van der Waals surface area contributed by atoms with E-state index in [-0.39, 0.29) is 40.5 Å². The van der Waals surface area contributed by atoms with Crippen molar-refractivity contribution in [3.63, 3.8) is 0 Å². The Kier molecular flexibility index (Phi) is 9.07. The van der Waals surface area contributed by atoms with Crippen molar-refractivity contribution in [3.8, 4) is 0 Å². The molecule has 2 saturated carbocycles. The predicted molar refractivity (Wildman–Crippen MR) is 148 cm³/mol. The van der Waals surface area contributed by atoms with Crippen LogP contribution in [0.1, 0.15) is 73.5 Å². The second-order valence-corrected chi connectivity index (χ2v) is 12.4. The van der Waals surface area contributed by atoms with Gasteiger partial charge >= 0.3 is 12.4 Å². The Morgan fingerprint density at radius 3 is 2.19 bits per heavy atom. The number of nitrogens with one attached hydrogen (secondary N) is 2. The van der Waals surface area contributed by atoms with E-state index in [0.29, 0.717) is 6.54 Å². The highest BCUT2D eigenvalue weighted by atomic mass is 19.4. The minimum absolute atomic E-state index is 0.0537. The fourth-order valence-electron chi connectivity index (χ4n) is 6.44. The van der Waals surface area contributed by atoms with Crippen molar-refractivity contribution in [1.82, 2.24) is 20.0 Å². The molecule has 2 aliphatic carbocycles. The first kappa shape index (κ1) is 34.5. The molecule has 0 spiro atoms. The van der Waals surface area contributed by atoms with Crippen molar-refractivity contribution in [1.29, 1.82) is 0 Å². The minimum atomic E-state index is -5.30. The zero-order valence-corrected chi connectivity index (χ0v) is 25.2. The summed E-state index contributed by atoms with van der Waals surface area (Å²) in [4.78, 5) is 39.6. The molecule has 3 fully saturated rings. The number of rotatable bonds is 10. The summed E-state index contributed by atoms with van der Waals surface area (Å²) in [5, 5.41) is 8.82. The molecule has 2 unspecified atom stereocenters. The van der Waals surface area contributed by atoms with Crippen molar-refractivity contribution >= 4 is 23.4 Å². The lowest BCUT2D eigenvalue weighted by atomic mass is 9.88. The Bertz CT molecular complexity index is 1520. The third kappa shape index (κ3) is 7.37. The average molecular weight is 682 g/mol. The molecule has 47 heavy (non-hydrogen) atoms. The van der Waals surface area contributed by atoms with Crippen molar-refractivity contribution in [2.45, 2.75) is 88.8 Å². The molecule has 8 nitrogen and oxygen atoms in total. The summed E-state index contributed by atoms with van der Waals surface area (Å²) in [5.41, 5.74) is -3.57. The highest BCUT2D eigenvalue weighted by molar-refractivity contribution is 6.01. The number of hydrogen-bond acceptors (Lipinski definition) is 4. The Morgan fingerprint density at radius 2 is 1.66 bits per heavy atom. The fourth-order valence-corrected chi connectivity index (χ4v) is 6.44. The number of halogens is 9. The summed E-state index contributed by atoms with van der Waals surface area (Å²) >= 11 is 0. The van der Waals surface area contributed by atoms with Crippen LogP contribution in [0.3, 0.4) is 0 Å². The van der Waals surface area contributed by atoms with Gasteiger partial charge in [-0.1, -0.05) is 0 Å². The third-order valence-corrected chi connectivity index (χ3v) is 9.01. The van der Waals surface area contributed by atoms with Crippen LogP contribution >= 0.6 is 0 Å². The number of carbonyl (C=O) groups excluding carboxylic acids is 3. The molecule has 17 heteroatoms. The molecule has 1 aromatic heterocycles. The van der Waals surface area contributed by atoms with Crippen LogP contribution in [0, 0.1) is 23.6 Å². The van der Waals surface area contributed by atoms with Gasteiger partial charge in [-0.2, -0.15) is 31.4 Å². The van der Waals surface area contributed by atoms with Gasteiger partial charge in [-0.3, -0.25) is 19.1 Å². The minimum Gasteiger partial charge on any atom is -0.339 e. The molecule has 1 saturated heterocycles. The summed E-state index contributed by atoms with van der Waals surface area (Å²) < 4.78 is 128. The molecule has 5 rings (SSSR count). The maximum Gasteiger partial charge on any atom is 0.416 e. The van der Waals surface area contributed by atoms with Crippen LogP contribution in [0.15, 0.2) is 24.4 Å². The molecule has 0 radical (unpaired) electrons. The largest absolute Gasteiger partial charge is 0.416 e. The number of aryl methyl sites for hydroxylation is 1. The summed E-state index contributed by atoms with van der Waals surface area (Å²) in [6.07, 6.45) is -7.92. The molecular weight excluding hydrogens is 649 g/mol. The topological polar surface area (TPSA) is 96.3 Å². The first-order valence-corrected chi connectivity index (χ1v) is 15.1. The molecule has 3 aliphatic rings.